The summed E-state index contributed by atoms with van der Waals surface area (Å²) in [7, 11) is 1.64. The summed E-state index contributed by atoms with van der Waals surface area (Å²) in [5, 5.41) is 13.0. The Hall–Kier alpha value is -0.450. The van der Waals surface area contributed by atoms with E-state index in [0.717, 1.165) is 10.7 Å². The molecule has 0 fully saturated rings. The van der Waals surface area contributed by atoms with Crippen LogP contribution in [0.4, 0.5) is 0 Å². The average molecular weight is 215 g/mol. The lowest BCUT2D eigenvalue weighted by Gasteiger charge is -2.21. The number of hydrogen-bond donors (Lipinski definition) is 1. The number of ether oxygens (including phenoxy) is 1. The summed E-state index contributed by atoms with van der Waals surface area (Å²) in [4.78, 5) is 4.32. The van der Waals surface area contributed by atoms with Crippen molar-refractivity contribution in [3.05, 3.63) is 16.1 Å². The molecular formula is C10H17NO2S. The van der Waals surface area contributed by atoms with Gasteiger partial charge in [-0.3, -0.25) is 0 Å². The fourth-order valence-corrected chi connectivity index (χ4v) is 1.90. The third-order valence-corrected chi connectivity index (χ3v) is 2.90. The molecule has 1 N–H and O–H groups in total. The van der Waals surface area contributed by atoms with Gasteiger partial charge in [-0.05, 0) is 20.3 Å². The molecule has 1 aromatic rings. The van der Waals surface area contributed by atoms with E-state index in [1.165, 1.54) is 0 Å². The molecule has 1 unspecified atom stereocenters. The van der Waals surface area contributed by atoms with Crippen LogP contribution in [0.5, 0.6) is 0 Å². The molecule has 0 aliphatic rings. The van der Waals surface area contributed by atoms with E-state index in [-0.39, 0.29) is 0 Å². The molecule has 0 aliphatic carbocycles. The van der Waals surface area contributed by atoms with Crippen LogP contribution in [-0.4, -0.2) is 29.4 Å². The standard InChI is InChI=1S/C10H17NO2S/c1-8-11-9(7-14-8)6-10(2,12)4-5-13-3/h7,12H,4-6H2,1-3H3. The van der Waals surface area contributed by atoms with Crippen LogP contribution in [0, 0.1) is 6.92 Å². The second-order valence-corrected chi connectivity index (χ2v) is 4.84. The summed E-state index contributed by atoms with van der Waals surface area (Å²) in [6.45, 7) is 4.37. The van der Waals surface area contributed by atoms with Gasteiger partial charge >= 0.3 is 0 Å². The number of thiazole rings is 1. The van der Waals surface area contributed by atoms with Gasteiger partial charge in [0.1, 0.15) is 0 Å². The number of nitrogens with zero attached hydrogens (tertiary/aromatic N) is 1. The normalized spacial score (nSPS) is 15.4. The Morgan fingerprint density at radius 3 is 2.86 bits per heavy atom. The van der Waals surface area contributed by atoms with Crippen molar-refractivity contribution in [2.24, 2.45) is 0 Å². The highest BCUT2D eigenvalue weighted by molar-refractivity contribution is 7.09. The van der Waals surface area contributed by atoms with Gasteiger partial charge in [-0.1, -0.05) is 0 Å². The van der Waals surface area contributed by atoms with Crippen LogP contribution in [0.3, 0.4) is 0 Å². The number of rotatable bonds is 5. The van der Waals surface area contributed by atoms with Crippen LogP contribution in [0.15, 0.2) is 5.38 Å². The molecule has 0 radical (unpaired) electrons. The Bertz CT molecular complexity index is 283. The van der Waals surface area contributed by atoms with E-state index >= 15 is 0 Å². The molecule has 0 spiro atoms. The Kier molecular flexibility index (Phi) is 4.04. The lowest BCUT2D eigenvalue weighted by molar-refractivity contribution is 0.0243. The molecule has 0 saturated heterocycles. The number of methoxy groups -OCH3 is 1. The first-order chi connectivity index (χ1) is 6.53. The molecule has 0 aliphatic heterocycles. The van der Waals surface area contributed by atoms with Crippen molar-refractivity contribution in [1.29, 1.82) is 0 Å². The SMILES string of the molecule is COCCC(C)(O)Cc1csc(C)n1. The Morgan fingerprint density at radius 1 is 1.64 bits per heavy atom. The molecule has 1 aromatic heterocycles. The fraction of sp³-hybridized carbons (Fsp3) is 0.700. The first kappa shape index (κ1) is 11.6. The Labute approximate surface area is 88.8 Å². The first-order valence-corrected chi connectivity index (χ1v) is 5.54. The maximum atomic E-state index is 9.99. The summed E-state index contributed by atoms with van der Waals surface area (Å²) in [5.74, 6) is 0. The van der Waals surface area contributed by atoms with E-state index in [1.807, 2.05) is 19.2 Å². The number of aryl methyl sites for hydroxylation is 1. The Balaban J connectivity index is 2.49. The van der Waals surface area contributed by atoms with Gasteiger partial charge in [0.2, 0.25) is 0 Å². The van der Waals surface area contributed by atoms with Gasteiger partial charge in [-0.25, -0.2) is 4.98 Å². The van der Waals surface area contributed by atoms with E-state index in [9.17, 15) is 5.11 Å². The van der Waals surface area contributed by atoms with Crippen molar-refractivity contribution in [2.45, 2.75) is 32.3 Å². The molecule has 14 heavy (non-hydrogen) atoms. The minimum Gasteiger partial charge on any atom is -0.390 e. The minimum absolute atomic E-state index is 0.579. The van der Waals surface area contributed by atoms with Crippen LogP contribution in [0.25, 0.3) is 0 Å². The smallest absolute Gasteiger partial charge is 0.0897 e. The van der Waals surface area contributed by atoms with Crippen molar-refractivity contribution in [2.75, 3.05) is 13.7 Å². The van der Waals surface area contributed by atoms with Crippen molar-refractivity contribution in [3.63, 3.8) is 0 Å². The molecule has 0 amide bonds. The quantitative estimate of drug-likeness (QED) is 0.814. The summed E-state index contributed by atoms with van der Waals surface area (Å²) in [5.41, 5.74) is 0.255. The van der Waals surface area contributed by atoms with Crippen molar-refractivity contribution in [1.82, 2.24) is 4.98 Å². The van der Waals surface area contributed by atoms with E-state index in [1.54, 1.807) is 18.4 Å². The van der Waals surface area contributed by atoms with Crippen LogP contribution in [0.1, 0.15) is 24.0 Å². The summed E-state index contributed by atoms with van der Waals surface area (Å²) >= 11 is 1.62. The van der Waals surface area contributed by atoms with Gasteiger partial charge in [0, 0.05) is 25.5 Å². The highest BCUT2D eigenvalue weighted by Gasteiger charge is 2.21. The number of hydrogen-bond acceptors (Lipinski definition) is 4. The van der Waals surface area contributed by atoms with Gasteiger partial charge in [0.05, 0.1) is 16.3 Å². The van der Waals surface area contributed by atoms with Gasteiger partial charge < -0.3 is 9.84 Å². The van der Waals surface area contributed by atoms with E-state index in [2.05, 4.69) is 4.98 Å². The first-order valence-electron chi connectivity index (χ1n) is 4.66. The maximum absolute atomic E-state index is 9.99. The molecule has 4 heteroatoms. The minimum atomic E-state index is -0.712. The third kappa shape index (κ3) is 3.74. The second-order valence-electron chi connectivity index (χ2n) is 3.77. The van der Waals surface area contributed by atoms with Crippen molar-refractivity contribution >= 4 is 11.3 Å². The summed E-state index contributed by atoms with van der Waals surface area (Å²) in [6.07, 6.45) is 1.24. The van der Waals surface area contributed by atoms with Crippen LogP contribution in [-0.2, 0) is 11.2 Å². The lowest BCUT2D eigenvalue weighted by Crippen LogP contribution is -2.28. The predicted octanol–water partition coefficient (Wildman–Crippen LogP) is 1.78. The fourth-order valence-electron chi connectivity index (χ4n) is 1.29. The van der Waals surface area contributed by atoms with Gasteiger partial charge in [-0.2, -0.15) is 0 Å². The van der Waals surface area contributed by atoms with E-state index in [0.29, 0.717) is 19.4 Å². The zero-order valence-corrected chi connectivity index (χ0v) is 9.73. The van der Waals surface area contributed by atoms with Crippen LogP contribution in [0.2, 0.25) is 0 Å². The lowest BCUT2D eigenvalue weighted by atomic mass is 9.97. The molecule has 0 saturated carbocycles. The topological polar surface area (TPSA) is 42.4 Å². The maximum Gasteiger partial charge on any atom is 0.0897 e. The molecule has 1 heterocycles. The average Bonchev–Trinajstić information content (AvgIpc) is 2.47. The Morgan fingerprint density at radius 2 is 2.36 bits per heavy atom. The third-order valence-electron chi connectivity index (χ3n) is 2.07. The molecule has 80 valence electrons. The molecule has 0 bridgehead atoms. The van der Waals surface area contributed by atoms with Crippen molar-refractivity contribution < 1.29 is 9.84 Å². The summed E-state index contributed by atoms with van der Waals surface area (Å²) < 4.78 is 4.94. The van der Waals surface area contributed by atoms with Crippen LogP contribution >= 0.6 is 11.3 Å². The molecule has 1 atom stereocenters. The largest absolute Gasteiger partial charge is 0.390 e. The predicted molar refractivity (Wildman–Crippen MR) is 57.7 cm³/mol. The molecule has 3 nitrogen and oxygen atoms in total. The second kappa shape index (κ2) is 4.87. The number of aliphatic hydroxyl groups is 1. The molecule has 0 aromatic carbocycles. The van der Waals surface area contributed by atoms with Crippen molar-refractivity contribution in [3.8, 4) is 0 Å². The van der Waals surface area contributed by atoms with Gasteiger partial charge in [-0.15, -0.1) is 11.3 Å². The molecule has 1 rings (SSSR count). The summed E-state index contributed by atoms with van der Waals surface area (Å²) in [6, 6.07) is 0. The highest BCUT2D eigenvalue weighted by atomic mass is 32.1. The number of aromatic nitrogens is 1. The monoisotopic (exact) mass is 215 g/mol. The van der Waals surface area contributed by atoms with E-state index in [4.69, 9.17) is 4.74 Å². The highest BCUT2D eigenvalue weighted by Crippen LogP contribution is 2.18. The molecular weight excluding hydrogens is 198 g/mol. The van der Waals surface area contributed by atoms with Crippen LogP contribution < -0.4 is 0 Å². The van der Waals surface area contributed by atoms with Gasteiger partial charge in [0.25, 0.3) is 0 Å². The zero-order chi connectivity index (χ0) is 10.6. The zero-order valence-electron chi connectivity index (χ0n) is 8.91. The van der Waals surface area contributed by atoms with E-state index < -0.39 is 5.60 Å². The van der Waals surface area contributed by atoms with Gasteiger partial charge in [0.15, 0.2) is 0 Å².